The van der Waals surface area contributed by atoms with E-state index in [2.05, 4.69) is 4.72 Å². The highest BCUT2D eigenvalue weighted by molar-refractivity contribution is 7.92. The van der Waals surface area contributed by atoms with Crippen LogP contribution in [0.2, 0.25) is 0 Å². The molecule has 3 aromatic rings. The SMILES string of the molecule is Cc1cc(C)c(NS(=O)(=O)c2ccc(-c3ccco3)cc2)c(C)c1. The van der Waals surface area contributed by atoms with Crippen LogP contribution in [-0.2, 0) is 10.0 Å². The average Bonchev–Trinajstić information content (AvgIpc) is 3.05. The molecule has 0 radical (unpaired) electrons. The van der Waals surface area contributed by atoms with Crippen molar-refractivity contribution in [1.82, 2.24) is 0 Å². The molecular formula is C19H19NO3S. The fraction of sp³-hybridized carbons (Fsp3) is 0.158. The van der Waals surface area contributed by atoms with Gasteiger partial charge >= 0.3 is 0 Å². The lowest BCUT2D eigenvalue weighted by Crippen LogP contribution is -2.14. The summed E-state index contributed by atoms with van der Waals surface area (Å²) >= 11 is 0. The number of sulfonamides is 1. The van der Waals surface area contributed by atoms with Gasteiger partial charge in [-0.15, -0.1) is 0 Å². The Bertz CT molecular complexity index is 933. The normalized spacial score (nSPS) is 11.5. The molecule has 0 fully saturated rings. The minimum Gasteiger partial charge on any atom is -0.464 e. The smallest absolute Gasteiger partial charge is 0.261 e. The van der Waals surface area contributed by atoms with Gasteiger partial charge in [-0.25, -0.2) is 8.42 Å². The zero-order valence-electron chi connectivity index (χ0n) is 13.8. The Morgan fingerprint density at radius 1 is 0.917 bits per heavy atom. The predicted octanol–water partition coefficient (Wildman–Crippen LogP) is 4.67. The number of benzene rings is 2. The van der Waals surface area contributed by atoms with E-state index in [0.29, 0.717) is 11.4 Å². The second-order valence-electron chi connectivity index (χ2n) is 5.88. The molecule has 1 N–H and O–H groups in total. The van der Waals surface area contributed by atoms with Crippen LogP contribution >= 0.6 is 0 Å². The van der Waals surface area contributed by atoms with Crippen molar-refractivity contribution in [3.05, 3.63) is 71.5 Å². The van der Waals surface area contributed by atoms with Crippen LogP contribution in [0.25, 0.3) is 11.3 Å². The molecule has 0 unspecified atom stereocenters. The fourth-order valence-corrected chi connectivity index (χ4v) is 3.98. The van der Waals surface area contributed by atoms with E-state index >= 15 is 0 Å². The summed E-state index contributed by atoms with van der Waals surface area (Å²) in [6, 6.07) is 14.2. The van der Waals surface area contributed by atoms with Crippen molar-refractivity contribution >= 4 is 15.7 Å². The van der Waals surface area contributed by atoms with E-state index < -0.39 is 10.0 Å². The summed E-state index contributed by atoms with van der Waals surface area (Å²) in [5.41, 5.74) is 4.39. The molecule has 0 saturated carbocycles. The molecule has 2 aromatic carbocycles. The summed E-state index contributed by atoms with van der Waals surface area (Å²) in [5.74, 6) is 0.706. The van der Waals surface area contributed by atoms with Crippen LogP contribution < -0.4 is 4.72 Å². The molecule has 1 aromatic heterocycles. The topological polar surface area (TPSA) is 59.3 Å². The first-order valence-corrected chi connectivity index (χ1v) is 9.10. The first-order chi connectivity index (χ1) is 11.4. The van der Waals surface area contributed by atoms with Crippen LogP contribution in [0.1, 0.15) is 16.7 Å². The summed E-state index contributed by atoms with van der Waals surface area (Å²) < 4.78 is 33.3. The average molecular weight is 341 g/mol. The van der Waals surface area contributed by atoms with Crippen LogP contribution in [0.15, 0.2) is 64.1 Å². The van der Waals surface area contributed by atoms with Crippen LogP contribution in [0, 0.1) is 20.8 Å². The minimum absolute atomic E-state index is 0.220. The van der Waals surface area contributed by atoms with E-state index in [1.807, 2.05) is 39.0 Å². The van der Waals surface area contributed by atoms with Crippen molar-refractivity contribution in [3.63, 3.8) is 0 Å². The van der Waals surface area contributed by atoms with E-state index in [9.17, 15) is 8.42 Å². The lowest BCUT2D eigenvalue weighted by atomic mass is 10.1. The highest BCUT2D eigenvalue weighted by Gasteiger charge is 2.17. The number of furan rings is 1. The molecule has 0 amide bonds. The maximum absolute atomic E-state index is 12.7. The second kappa shape index (κ2) is 6.17. The zero-order chi connectivity index (χ0) is 17.3. The number of anilines is 1. The largest absolute Gasteiger partial charge is 0.464 e. The Labute approximate surface area is 142 Å². The minimum atomic E-state index is -3.64. The second-order valence-corrected chi connectivity index (χ2v) is 7.56. The third kappa shape index (κ3) is 3.21. The van der Waals surface area contributed by atoms with Gasteiger partial charge in [-0.05, 0) is 68.3 Å². The number of hydrogen-bond acceptors (Lipinski definition) is 3. The Balaban J connectivity index is 1.91. The Morgan fingerprint density at radius 2 is 1.54 bits per heavy atom. The summed E-state index contributed by atoms with van der Waals surface area (Å²) in [6.07, 6.45) is 1.59. The van der Waals surface area contributed by atoms with Gasteiger partial charge in [0.05, 0.1) is 16.8 Å². The molecule has 0 spiro atoms. The van der Waals surface area contributed by atoms with Gasteiger partial charge in [0.1, 0.15) is 5.76 Å². The molecule has 0 atom stereocenters. The van der Waals surface area contributed by atoms with Gasteiger partial charge in [0.2, 0.25) is 0 Å². The maximum Gasteiger partial charge on any atom is 0.261 e. The number of rotatable bonds is 4. The van der Waals surface area contributed by atoms with E-state index in [1.54, 1.807) is 36.6 Å². The van der Waals surface area contributed by atoms with E-state index in [4.69, 9.17) is 4.42 Å². The molecule has 124 valence electrons. The molecular weight excluding hydrogens is 322 g/mol. The molecule has 24 heavy (non-hydrogen) atoms. The summed E-state index contributed by atoms with van der Waals surface area (Å²) in [7, 11) is -3.64. The maximum atomic E-state index is 12.7. The van der Waals surface area contributed by atoms with Crippen LogP contribution in [0.3, 0.4) is 0 Å². The molecule has 1 heterocycles. The van der Waals surface area contributed by atoms with Crippen LogP contribution in [0.5, 0.6) is 0 Å². The fourth-order valence-electron chi connectivity index (χ4n) is 2.78. The van der Waals surface area contributed by atoms with Crippen molar-refractivity contribution in [2.24, 2.45) is 0 Å². The first-order valence-electron chi connectivity index (χ1n) is 7.61. The summed E-state index contributed by atoms with van der Waals surface area (Å²) in [5, 5.41) is 0. The van der Waals surface area contributed by atoms with Crippen molar-refractivity contribution < 1.29 is 12.8 Å². The Morgan fingerprint density at radius 3 is 2.08 bits per heavy atom. The van der Waals surface area contributed by atoms with E-state index in [0.717, 1.165) is 22.3 Å². The predicted molar refractivity (Wildman–Crippen MR) is 95.6 cm³/mol. The molecule has 4 nitrogen and oxygen atoms in total. The Hall–Kier alpha value is -2.53. The quantitative estimate of drug-likeness (QED) is 0.750. The first kappa shape index (κ1) is 16.3. The highest BCUT2D eigenvalue weighted by Crippen LogP contribution is 2.26. The molecule has 0 aliphatic rings. The van der Waals surface area contributed by atoms with Gasteiger partial charge in [-0.3, -0.25) is 4.72 Å². The van der Waals surface area contributed by atoms with Gasteiger partial charge < -0.3 is 4.42 Å². The molecule has 0 aliphatic carbocycles. The van der Waals surface area contributed by atoms with Gasteiger partial charge in [-0.2, -0.15) is 0 Å². The van der Waals surface area contributed by atoms with E-state index in [-0.39, 0.29) is 4.90 Å². The monoisotopic (exact) mass is 341 g/mol. The van der Waals surface area contributed by atoms with Crippen molar-refractivity contribution in [2.75, 3.05) is 4.72 Å². The van der Waals surface area contributed by atoms with E-state index in [1.165, 1.54) is 0 Å². The lowest BCUT2D eigenvalue weighted by Gasteiger charge is -2.14. The summed E-state index contributed by atoms with van der Waals surface area (Å²) in [4.78, 5) is 0.220. The van der Waals surface area contributed by atoms with Gasteiger partial charge in [-0.1, -0.05) is 17.7 Å². The van der Waals surface area contributed by atoms with Crippen LogP contribution in [0.4, 0.5) is 5.69 Å². The molecule has 5 heteroatoms. The standard InChI is InChI=1S/C19H19NO3S/c1-13-11-14(2)19(15(3)12-13)20-24(21,22)17-8-6-16(7-9-17)18-5-4-10-23-18/h4-12,20H,1-3H3. The lowest BCUT2D eigenvalue weighted by molar-refractivity contribution is 0.582. The highest BCUT2D eigenvalue weighted by atomic mass is 32.2. The van der Waals surface area contributed by atoms with Crippen molar-refractivity contribution in [2.45, 2.75) is 25.7 Å². The Kier molecular flexibility index (Phi) is 4.20. The number of aryl methyl sites for hydroxylation is 3. The zero-order valence-corrected chi connectivity index (χ0v) is 14.6. The molecule has 0 bridgehead atoms. The van der Waals surface area contributed by atoms with Gasteiger partial charge in [0, 0.05) is 5.56 Å². The van der Waals surface area contributed by atoms with Crippen LogP contribution in [-0.4, -0.2) is 8.42 Å². The molecule has 0 saturated heterocycles. The molecule has 3 rings (SSSR count). The van der Waals surface area contributed by atoms with Crippen molar-refractivity contribution in [1.29, 1.82) is 0 Å². The third-order valence-electron chi connectivity index (χ3n) is 3.88. The van der Waals surface area contributed by atoms with Gasteiger partial charge in [0.25, 0.3) is 10.0 Å². The molecule has 0 aliphatic heterocycles. The number of nitrogens with one attached hydrogen (secondary N) is 1. The van der Waals surface area contributed by atoms with Gasteiger partial charge in [0.15, 0.2) is 0 Å². The van der Waals surface area contributed by atoms with Crippen molar-refractivity contribution in [3.8, 4) is 11.3 Å². The third-order valence-corrected chi connectivity index (χ3v) is 5.25. The number of hydrogen-bond donors (Lipinski definition) is 1. The summed E-state index contributed by atoms with van der Waals surface area (Å²) in [6.45, 7) is 5.79.